The van der Waals surface area contributed by atoms with E-state index in [0.717, 1.165) is 50.2 Å². The van der Waals surface area contributed by atoms with Gasteiger partial charge in [0.15, 0.2) is 0 Å². The number of aromatic nitrogens is 3. The van der Waals surface area contributed by atoms with Crippen molar-refractivity contribution < 1.29 is 14.3 Å². The summed E-state index contributed by atoms with van der Waals surface area (Å²) < 4.78 is 13.3. The third-order valence-corrected chi connectivity index (χ3v) is 5.80. The molecule has 8 nitrogen and oxygen atoms in total. The van der Waals surface area contributed by atoms with Gasteiger partial charge in [0.2, 0.25) is 0 Å². The Bertz CT molecular complexity index is 618. The fourth-order valence-corrected chi connectivity index (χ4v) is 4.20. The van der Waals surface area contributed by atoms with E-state index in [2.05, 4.69) is 15.6 Å². The topological polar surface area (TPSA) is 81.5 Å². The molecule has 1 aliphatic carbocycles. The molecule has 0 radical (unpaired) electrons. The Balaban J connectivity index is 1.34. The quantitative estimate of drug-likeness (QED) is 0.893. The van der Waals surface area contributed by atoms with Crippen molar-refractivity contribution in [1.29, 1.82) is 0 Å². The lowest BCUT2D eigenvalue weighted by Gasteiger charge is -2.43. The van der Waals surface area contributed by atoms with Crippen LogP contribution in [0.25, 0.3) is 0 Å². The van der Waals surface area contributed by atoms with E-state index in [4.69, 9.17) is 9.47 Å². The fourth-order valence-electron chi connectivity index (χ4n) is 4.20. The Labute approximate surface area is 147 Å². The van der Waals surface area contributed by atoms with Gasteiger partial charge in [-0.05, 0) is 25.7 Å². The second kappa shape index (κ2) is 6.92. The van der Waals surface area contributed by atoms with E-state index in [9.17, 15) is 4.79 Å². The molecule has 0 unspecified atom stereocenters. The summed E-state index contributed by atoms with van der Waals surface area (Å²) in [4.78, 5) is 14.4. The van der Waals surface area contributed by atoms with Crippen LogP contribution in [0.5, 0.6) is 0 Å². The number of urea groups is 1. The van der Waals surface area contributed by atoms with Gasteiger partial charge in [-0.2, -0.15) is 0 Å². The summed E-state index contributed by atoms with van der Waals surface area (Å²) in [6, 6.07) is 0.451. The number of hydrogen-bond acceptors (Lipinski definition) is 5. The number of nitrogens with zero attached hydrogens (tertiary/aromatic N) is 4. The van der Waals surface area contributed by atoms with Crippen molar-refractivity contribution in [3.63, 3.8) is 0 Å². The standard InChI is InChI=1S/C17H27N5O3/c1-24-10-14-15-11-25-17(12-22(15)20-19-14)6-8-21(9-7-17)16(23)18-13-4-2-3-5-13/h13H,2-12H2,1H3,(H,18,23). The van der Waals surface area contributed by atoms with Crippen molar-refractivity contribution in [2.24, 2.45) is 0 Å². The second-order valence-electron chi connectivity index (χ2n) is 7.46. The maximum absolute atomic E-state index is 12.4. The number of hydrogen-bond donors (Lipinski definition) is 1. The van der Waals surface area contributed by atoms with Gasteiger partial charge >= 0.3 is 6.03 Å². The van der Waals surface area contributed by atoms with Gasteiger partial charge < -0.3 is 19.7 Å². The number of carbonyl (C=O) groups excluding carboxylic acids is 1. The maximum atomic E-state index is 12.4. The van der Waals surface area contributed by atoms with Crippen molar-refractivity contribution in [1.82, 2.24) is 25.2 Å². The van der Waals surface area contributed by atoms with Gasteiger partial charge in [0.05, 0.1) is 31.1 Å². The van der Waals surface area contributed by atoms with Crippen LogP contribution in [0.1, 0.15) is 49.9 Å². The minimum absolute atomic E-state index is 0.0846. The largest absolute Gasteiger partial charge is 0.378 e. The van der Waals surface area contributed by atoms with E-state index in [0.29, 0.717) is 25.8 Å². The molecular weight excluding hydrogens is 322 g/mol. The third-order valence-electron chi connectivity index (χ3n) is 5.80. The number of likely N-dealkylation sites (tertiary alicyclic amines) is 1. The molecule has 0 bridgehead atoms. The molecule has 1 saturated heterocycles. The fraction of sp³-hybridized carbons (Fsp3) is 0.824. The number of fused-ring (bicyclic) bond motifs is 1. The van der Waals surface area contributed by atoms with Crippen molar-refractivity contribution >= 4 is 6.03 Å². The highest BCUT2D eigenvalue weighted by Crippen LogP contribution is 2.33. The number of piperidine rings is 1. The van der Waals surface area contributed by atoms with E-state index in [1.165, 1.54) is 12.8 Å². The van der Waals surface area contributed by atoms with E-state index in [1.54, 1.807) is 7.11 Å². The molecule has 1 aromatic heterocycles. The zero-order chi connectivity index (χ0) is 17.3. The Kier molecular flexibility index (Phi) is 4.64. The lowest BCUT2D eigenvalue weighted by Crippen LogP contribution is -2.54. The molecule has 4 rings (SSSR count). The highest BCUT2D eigenvalue weighted by Gasteiger charge is 2.41. The van der Waals surface area contributed by atoms with Crippen LogP contribution < -0.4 is 5.32 Å². The molecule has 8 heteroatoms. The maximum Gasteiger partial charge on any atom is 0.317 e. The first-order valence-corrected chi connectivity index (χ1v) is 9.29. The lowest BCUT2D eigenvalue weighted by molar-refractivity contribution is -0.119. The molecule has 2 fully saturated rings. The zero-order valence-corrected chi connectivity index (χ0v) is 14.9. The minimum Gasteiger partial charge on any atom is -0.378 e. The molecule has 2 amide bonds. The van der Waals surface area contributed by atoms with Crippen molar-refractivity contribution in [3.05, 3.63) is 11.4 Å². The van der Waals surface area contributed by atoms with Gasteiger partial charge in [-0.3, -0.25) is 0 Å². The van der Waals surface area contributed by atoms with Crippen molar-refractivity contribution in [2.45, 2.75) is 69.9 Å². The Morgan fingerprint density at radius 3 is 2.84 bits per heavy atom. The number of nitrogens with one attached hydrogen (secondary N) is 1. The van der Waals surface area contributed by atoms with Crippen LogP contribution >= 0.6 is 0 Å². The van der Waals surface area contributed by atoms with Crippen LogP contribution in [0, 0.1) is 0 Å². The van der Waals surface area contributed by atoms with Gasteiger partial charge in [-0.25, -0.2) is 9.48 Å². The van der Waals surface area contributed by atoms with E-state index >= 15 is 0 Å². The molecule has 138 valence electrons. The Hall–Kier alpha value is -1.67. The molecule has 1 saturated carbocycles. The summed E-state index contributed by atoms with van der Waals surface area (Å²) in [6.07, 6.45) is 6.37. The lowest BCUT2D eigenvalue weighted by atomic mass is 9.90. The molecule has 3 aliphatic rings. The van der Waals surface area contributed by atoms with Crippen LogP contribution in [0.4, 0.5) is 4.79 Å². The number of ether oxygens (including phenoxy) is 2. The first-order valence-electron chi connectivity index (χ1n) is 9.29. The molecule has 1 spiro atoms. The van der Waals surface area contributed by atoms with Gasteiger partial charge in [-0.15, -0.1) is 5.10 Å². The van der Waals surface area contributed by atoms with Gasteiger partial charge in [-0.1, -0.05) is 18.1 Å². The number of amides is 2. The summed E-state index contributed by atoms with van der Waals surface area (Å²) in [6.45, 7) is 3.14. The molecular formula is C17H27N5O3. The molecule has 0 atom stereocenters. The summed E-state index contributed by atoms with van der Waals surface area (Å²) in [5, 5.41) is 11.6. The smallest absolute Gasteiger partial charge is 0.317 e. The third kappa shape index (κ3) is 3.37. The van der Waals surface area contributed by atoms with Gasteiger partial charge in [0.1, 0.15) is 5.69 Å². The summed E-state index contributed by atoms with van der Waals surface area (Å²) >= 11 is 0. The molecule has 0 aromatic carbocycles. The van der Waals surface area contributed by atoms with Crippen molar-refractivity contribution in [2.75, 3.05) is 20.2 Å². The van der Waals surface area contributed by atoms with Crippen LogP contribution in [-0.4, -0.2) is 57.8 Å². The van der Waals surface area contributed by atoms with Crippen LogP contribution in [-0.2, 0) is 29.2 Å². The number of carbonyl (C=O) groups is 1. The summed E-state index contributed by atoms with van der Waals surface area (Å²) in [7, 11) is 1.66. The van der Waals surface area contributed by atoms with E-state index < -0.39 is 0 Å². The summed E-state index contributed by atoms with van der Waals surface area (Å²) in [5.74, 6) is 0. The monoisotopic (exact) mass is 349 g/mol. The molecule has 25 heavy (non-hydrogen) atoms. The summed E-state index contributed by atoms with van der Waals surface area (Å²) in [5.41, 5.74) is 1.63. The van der Waals surface area contributed by atoms with Gasteiger partial charge in [0, 0.05) is 26.2 Å². The zero-order valence-electron chi connectivity index (χ0n) is 14.9. The predicted molar refractivity (Wildman–Crippen MR) is 89.8 cm³/mol. The normalized spacial score (nSPS) is 23.0. The van der Waals surface area contributed by atoms with E-state index in [1.807, 2.05) is 9.58 Å². The first kappa shape index (κ1) is 16.8. The van der Waals surface area contributed by atoms with Crippen LogP contribution in [0.15, 0.2) is 0 Å². The predicted octanol–water partition coefficient (Wildman–Crippen LogP) is 1.44. The molecule has 1 N–H and O–H groups in total. The highest BCUT2D eigenvalue weighted by molar-refractivity contribution is 5.74. The first-order chi connectivity index (χ1) is 12.2. The SMILES string of the molecule is COCc1nnn2c1COC1(CCN(C(=O)NC3CCCC3)CC1)C2. The van der Waals surface area contributed by atoms with Crippen LogP contribution in [0.3, 0.4) is 0 Å². The highest BCUT2D eigenvalue weighted by atomic mass is 16.5. The average molecular weight is 349 g/mol. The average Bonchev–Trinajstić information content (AvgIpc) is 3.26. The molecule has 3 heterocycles. The van der Waals surface area contributed by atoms with E-state index in [-0.39, 0.29) is 11.6 Å². The Morgan fingerprint density at radius 2 is 2.12 bits per heavy atom. The Morgan fingerprint density at radius 1 is 1.36 bits per heavy atom. The van der Waals surface area contributed by atoms with Crippen molar-refractivity contribution in [3.8, 4) is 0 Å². The number of rotatable bonds is 3. The molecule has 1 aromatic rings. The van der Waals surface area contributed by atoms with Gasteiger partial charge in [0.25, 0.3) is 0 Å². The number of methoxy groups -OCH3 is 1. The molecule has 2 aliphatic heterocycles. The van der Waals surface area contributed by atoms with Crippen LogP contribution in [0.2, 0.25) is 0 Å². The minimum atomic E-state index is -0.227. The second-order valence-corrected chi connectivity index (χ2v) is 7.46.